The first-order valence-electron chi connectivity index (χ1n) is 10.7. The summed E-state index contributed by atoms with van der Waals surface area (Å²) in [5.41, 5.74) is 0.0989. The Morgan fingerprint density at radius 1 is 1.21 bits per heavy atom. The van der Waals surface area contributed by atoms with Crippen molar-refractivity contribution in [2.24, 2.45) is 5.92 Å². The summed E-state index contributed by atoms with van der Waals surface area (Å²) < 4.78 is 17.4. The molecule has 2 unspecified atom stereocenters. The van der Waals surface area contributed by atoms with E-state index < -0.39 is 5.60 Å². The second-order valence-corrected chi connectivity index (χ2v) is 8.28. The Balaban J connectivity index is 1.70. The van der Waals surface area contributed by atoms with Gasteiger partial charge in [0, 0.05) is 13.2 Å². The van der Waals surface area contributed by atoms with Crippen molar-refractivity contribution < 1.29 is 24.4 Å². The highest BCUT2D eigenvalue weighted by Crippen LogP contribution is 2.26. The van der Waals surface area contributed by atoms with Gasteiger partial charge in [-0.2, -0.15) is 0 Å². The zero-order chi connectivity index (χ0) is 20.2. The average Bonchev–Trinajstić information content (AvgIpc) is 2.71. The number of hydrogen-bond donors (Lipinski definition) is 2. The van der Waals surface area contributed by atoms with E-state index in [0.717, 1.165) is 37.9 Å². The lowest BCUT2D eigenvalue weighted by atomic mass is 9.89. The molecule has 0 saturated carbocycles. The van der Waals surface area contributed by atoms with E-state index in [9.17, 15) is 10.2 Å². The van der Waals surface area contributed by atoms with Gasteiger partial charge in [-0.1, -0.05) is 43.7 Å². The molecular weight excluding hydrogens is 356 g/mol. The lowest BCUT2D eigenvalue weighted by molar-refractivity contribution is -0.168. The normalized spacial score (nSPS) is 21.8. The molecule has 0 aliphatic carbocycles. The minimum absolute atomic E-state index is 0.00123. The molecule has 2 N–H and O–H groups in total. The highest BCUT2D eigenvalue weighted by atomic mass is 16.7. The third-order valence-corrected chi connectivity index (χ3v) is 5.46. The second kappa shape index (κ2) is 12.6. The lowest BCUT2D eigenvalue weighted by Gasteiger charge is -2.33. The van der Waals surface area contributed by atoms with Gasteiger partial charge in [0.1, 0.15) is 0 Å². The molecule has 1 aromatic carbocycles. The number of benzene rings is 1. The van der Waals surface area contributed by atoms with E-state index >= 15 is 0 Å². The van der Waals surface area contributed by atoms with Crippen LogP contribution in [0.4, 0.5) is 0 Å². The second-order valence-electron chi connectivity index (χ2n) is 8.28. The first-order chi connectivity index (χ1) is 13.5. The highest BCUT2D eigenvalue weighted by molar-refractivity contribution is 5.13. The maximum Gasteiger partial charge on any atom is 0.157 e. The van der Waals surface area contributed by atoms with Crippen molar-refractivity contribution in [2.45, 2.75) is 83.4 Å². The third kappa shape index (κ3) is 8.58. The van der Waals surface area contributed by atoms with Crippen molar-refractivity contribution in [1.29, 1.82) is 0 Å². The van der Waals surface area contributed by atoms with Crippen LogP contribution in [0.3, 0.4) is 0 Å². The molecule has 1 fully saturated rings. The minimum Gasteiger partial charge on any atom is -0.396 e. The molecule has 5 nitrogen and oxygen atoms in total. The smallest absolute Gasteiger partial charge is 0.157 e. The van der Waals surface area contributed by atoms with E-state index in [1.807, 2.05) is 37.3 Å². The summed E-state index contributed by atoms with van der Waals surface area (Å²) in [6.07, 6.45) is 5.80. The van der Waals surface area contributed by atoms with Crippen LogP contribution in [-0.4, -0.2) is 48.0 Å². The maximum atomic E-state index is 10.9. The number of ether oxygens (including phenoxy) is 3. The highest BCUT2D eigenvalue weighted by Gasteiger charge is 2.32. The van der Waals surface area contributed by atoms with Crippen molar-refractivity contribution in [3.05, 3.63) is 35.9 Å². The molecule has 1 aromatic rings. The van der Waals surface area contributed by atoms with E-state index in [0.29, 0.717) is 32.0 Å². The molecular formula is C23H38O5. The first-order valence-corrected chi connectivity index (χ1v) is 10.7. The van der Waals surface area contributed by atoms with Crippen LogP contribution in [0.25, 0.3) is 0 Å². The Morgan fingerprint density at radius 3 is 2.68 bits per heavy atom. The fourth-order valence-corrected chi connectivity index (χ4v) is 3.63. The van der Waals surface area contributed by atoms with Crippen LogP contribution in [0.1, 0.15) is 64.4 Å². The van der Waals surface area contributed by atoms with Crippen molar-refractivity contribution in [3.63, 3.8) is 0 Å². The van der Waals surface area contributed by atoms with Crippen LogP contribution in [0.5, 0.6) is 0 Å². The van der Waals surface area contributed by atoms with Crippen molar-refractivity contribution in [3.8, 4) is 0 Å². The average molecular weight is 395 g/mol. The van der Waals surface area contributed by atoms with Crippen LogP contribution in [-0.2, 0) is 20.8 Å². The Hall–Kier alpha value is -0.980. The SMILES string of the molecule is CC(CCC[C@](C)(O)[C@H](CCO)OCc1ccccc1)COC1CCCCO1. The topological polar surface area (TPSA) is 68.2 Å². The largest absolute Gasteiger partial charge is 0.396 e. The summed E-state index contributed by atoms with van der Waals surface area (Å²) in [6.45, 7) is 5.92. The van der Waals surface area contributed by atoms with E-state index in [1.165, 1.54) is 6.42 Å². The number of hydrogen-bond acceptors (Lipinski definition) is 5. The fraction of sp³-hybridized carbons (Fsp3) is 0.739. The van der Waals surface area contributed by atoms with Gasteiger partial charge in [0.25, 0.3) is 0 Å². The van der Waals surface area contributed by atoms with Crippen LogP contribution in [0.2, 0.25) is 0 Å². The van der Waals surface area contributed by atoms with Crippen LogP contribution in [0.15, 0.2) is 30.3 Å². The monoisotopic (exact) mass is 394 g/mol. The van der Waals surface area contributed by atoms with E-state index in [2.05, 4.69) is 6.92 Å². The summed E-state index contributed by atoms with van der Waals surface area (Å²) >= 11 is 0. The number of aliphatic hydroxyl groups excluding tert-OH is 1. The molecule has 4 atom stereocenters. The van der Waals surface area contributed by atoms with Crippen molar-refractivity contribution >= 4 is 0 Å². The minimum atomic E-state index is -0.968. The summed E-state index contributed by atoms with van der Waals surface area (Å²) in [4.78, 5) is 0. The number of rotatable bonds is 13. The van der Waals surface area contributed by atoms with Gasteiger partial charge >= 0.3 is 0 Å². The standard InChI is InChI=1S/C23H38O5/c1-19(17-28-22-12-6-7-16-26-22)9-8-14-23(2,25)21(13-15-24)27-18-20-10-4-3-5-11-20/h3-5,10-11,19,21-22,24-25H,6-9,12-18H2,1-2H3/t19?,21-,22?,23-/m0/s1. The van der Waals surface area contributed by atoms with Gasteiger partial charge in [-0.15, -0.1) is 0 Å². The summed E-state index contributed by atoms with van der Waals surface area (Å²) in [7, 11) is 0. The maximum absolute atomic E-state index is 10.9. The van der Waals surface area contributed by atoms with Crippen LogP contribution in [0, 0.1) is 5.92 Å². The first kappa shape index (κ1) is 23.3. The molecule has 0 aromatic heterocycles. The van der Waals surface area contributed by atoms with Gasteiger partial charge in [-0.25, -0.2) is 0 Å². The predicted octanol–water partition coefficient (Wildman–Crippen LogP) is 4.05. The quantitative estimate of drug-likeness (QED) is 0.528. The van der Waals surface area contributed by atoms with Gasteiger partial charge in [-0.05, 0) is 56.9 Å². The van der Waals surface area contributed by atoms with Gasteiger partial charge in [0.05, 0.1) is 24.9 Å². The van der Waals surface area contributed by atoms with Crippen LogP contribution < -0.4 is 0 Å². The molecule has 1 aliphatic rings. The molecule has 1 saturated heterocycles. The van der Waals surface area contributed by atoms with E-state index in [1.54, 1.807) is 0 Å². The molecule has 0 amide bonds. The fourth-order valence-electron chi connectivity index (χ4n) is 3.63. The summed E-state index contributed by atoms with van der Waals surface area (Å²) in [5, 5.41) is 20.3. The lowest BCUT2D eigenvalue weighted by Crippen LogP contribution is -2.41. The van der Waals surface area contributed by atoms with Gasteiger partial charge in [0.2, 0.25) is 0 Å². The van der Waals surface area contributed by atoms with Gasteiger partial charge in [0.15, 0.2) is 6.29 Å². The molecule has 160 valence electrons. The molecule has 0 spiro atoms. The van der Waals surface area contributed by atoms with Gasteiger partial charge < -0.3 is 24.4 Å². The Kier molecular flexibility index (Phi) is 10.4. The van der Waals surface area contributed by atoms with E-state index in [4.69, 9.17) is 14.2 Å². The molecule has 0 radical (unpaired) electrons. The van der Waals surface area contributed by atoms with Crippen molar-refractivity contribution in [2.75, 3.05) is 19.8 Å². The van der Waals surface area contributed by atoms with E-state index in [-0.39, 0.29) is 19.0 Å². The predicted molar refractivity (Wildman–Crippen MR) is 110 cm³/mol. The zero-order valence-corrected chi connectivity index (χ0v) is 17.5. The third-order valence-electron chi connectivity index (χ3n) is 5.46. The Bertz CT molecular complexity index is 513. The Labute approximate surface area is 170 Å². The molecule has 5 heteroatoms. The van der Waals surface area contributed by atoms with Gasteiger partial charge in [-0.3, -0.25) is 0 Å². The van der Waals surface area contributed by atoms with Crippen molar-refractivity contribution in [1.82, 2.24) is 0 Å². The molecule has 28 heavy (non-hydrogen) atoms. The molecule has 1 aliphatic heterocycles. The zero-order valence-electron chi connectivity index (χ0n) is 17.5. The molecule has 2 rings (SSSR count). The molecule has 0 bridgehead atoms. The summed E-state index contributed by atoms with van der Waals surface area (Å²) in [5.74, 6) is 0.419. The van der Waals surface area contributed by atoms with Crippen LogP contribution >= 0.6 is 0 Å². The number of aliphatic hydroxyl groups is 2. The summed E-state index contributed by atoms with van der Waals surface area (Å²) in [6, 6.07) is 9.92. The molecule has 1 heterocycles. The Morgan fingerprint density at radius 2 is 2.00 bits per heavy atom.